The van der Waals surface area contributed by atoms with E-state index >= 15 is 0 Å². The fourth-order valence-corrected chi connectivity index (χ4v) is 0. The Morgan fingerprint density at radius 3 is 2.00 bits per heavy atom. The predicted octanol–water partition coefficient (Wildman–Crippen LogP) is 0.315. The largest absolute Gasteiger partial charge is 0.379 e. The van der Waals surface area contributed by atoms with Gasteiger partial charge in [-0.15, -0.1) is 0 Å². The quantitative estimate of drug-likeness (QED) is 0.234. The number of rotatable bonds is 0. The van der Waals surface area contributed by atoms with E-state index in [2.05, 4.69) is 5.73 Å². The number of halogens is 1. The van der Waals surface area contributed by atoms with E-state index < -0.39 is 0 Å². The molecule has 0 saturated carbocycles. The fraction of sp³-hybridized carbons (Fsp3) is 0. The van der Waals surface area contributed by atoms with Crippen molar-refractivity contribution in [2.75, 3.05) is 0 Å². The summed E-state index contributed by atoms with van der Waals surface area (Å²) in [5.74, 6) is 0. The van der Waals surface area contributed by atoms with E-state index in [1.165, 1.54) is 0 Å². The van der Waals surface area contributed by atoms with Crippen LogP contribution in [0.1, 0.15) is 0 Å². The van der Waals surface area contributed by atoms with E-state index in [1.54, 1.807) is 22.6 Å². The second kappa shape index (κ2) is 1.51. The molecule has 0 aromatic heterocycles. The SMILES string of the molecule is N=C(N)I. The van der Waals surface area contributed by atoms with Gasteiger partial charge in [0.05, 0.1) is 0 Å². The minimum atomic E-state index is 0.137. The average molecular weight is 170 g/mol. The molecular weight excluding hydrogens is 167 g/mol. The number of nitrogens with one attached hydrogen (secondary N) is 1. The summed E-state index contributed by atoms with van der Waals surface area (Å²) in [7, 11) is 0. The second-order valence-electron chi connectivity index (χ2n) is 0.348. The highest BCUT2D eigenvalue weighted by Crippen LogP contribution is 1.68. The Kier molecular flexibility index (Phi) is 1.59. The van der Waals surface area contributed by atoms with E-state index in [4.69, 9.17) is 5.41 Å². The van der Waals surface area contributed by atoms with Gasteiger partial charge >= 0.3 is 0 Å². The first-order chi connectivity index (χ1) is 1.73. The van der Waals surface area contributed by atoms with Crippen LogP contribution in [0.25, 0.3) is 0 Å². The molecule has 0 aliphatic carbocycles. The van der Waals surface area contributed by atoms with Crippen molar-refractivity contribution in [3.05, 3.63) is 0 Å². The molecule has 0 aliphatic heterocycles. The van der Waals surface area contributed by atoms with Crippen LogP contribution in [0.5, 0.6) is 0 Å². The van der Waals surface area contributed by atoms with E-state index in [-0.39, 0.29) is 3.84 Å². The molecular formula is CH3IN2. The van der Waals surface area contributed by atoms with Crippen molar-refractivity contribution in [3.63, 3.8) is 0 Å². The van der Waals surface area contributed by atoms with Crippen LogP contribution >= 0.6 is 22.6 Å². The van der Waals surface area contributed by atoms with Gasteiger partial charge in [-0.05, 0) is 22.6 Å². The molecule has 0 aromatic carbocycles. The van der Waals surface area contributed by atoms with Crippen molar-refractivity contribution in [2.45, 2.75) is 0 Å². The van der Waals surface area contributed by atoms with Crippen molar-refractivity contribution in [1.82, 2.24) is 0 Å². The molecule has 0 amide bonds. The van der Waals surface area contributed by atoms with Crippen LogP contribution in [0.4, 0.5) is 0 Å². The average Bonchev–Trinajstić information content (AvgIpc) is 0.811. The lowest BCUT2D eigenvalue weighted by Crippen LogP contribution is -1.95. The van der Waals surface area contributed by atoms with Crippen LogP contribution in [-0.4, -0.2) is 3.84 Å². The van der Waals surface area contributed by atoms with E-state index in [9.17, 15) is 0 Å². The number of hydrogen-bond acceptors (Lipinski definition) is 1. The highest BCUT2D eigenvalue weighted by atomic mass is 127. The van der Waals surface area contributed by atoms with Crippen LogP contribution in [0.15, 0.2) is 0 Å². The lowest BCUT2D eigenvalue weighted by molar-refractivity contribution is 1.52. The maximum atomic E-state index is 6.26. The number of amidine groups is 1. The third-order valence-electron chi connectivity index (χ3n) is 0. The third-order valence-corrected chi connectivity index (χ3v) is 0. The Bertz CT molecular complexity index is 29.0. The van der Waals surface area contributed by atoms with Gasteiger partial charge in [-0.3, -0.25) is 5.41 Å². The van der Waals surface area contributed by atoms with Gasteiger partial charge in [-0.2, -0.15) is 0 Å². The molecule has 0 atom stereocenters. The van der Waals surface area contributed by atoms with Crippen molar-refractivity contribution in [1.29, 1.82) is 5.41 Å². The van der Waals surface area contributed by atoms with Gasteiger partial charge in [0, 0.05) is 0 Å². The van der Waals surface area contributed by atoms with Gasteiger partial charge in [0.1, 0.15) is 0 Å². The van der Waals surface area contributed by atoms with Crippen LogP contribution in [-0.2, 0) is 0 Å². The molecule has 0 aromatic rings. The smallest absolute Gasteiger partial charge is 0.154 e. The van der Waals surface area contributed by atoms with Crippen LogP contribution in [0, 0.1) is 5.41 Å². The monoisotopic (exact) mass is 170 g/mol. The van der Waals surface area contributed by atoms with E-state index in [0.717, 1.165) is 0 Å². The molecule has 2 nitrogen and oxygen atoms in total. The first kappa shape index (κ1) is 4.20. The summed E-state index contributed by atoms with van der Waals surface area (Å²) in [5.41, 5.74) is 4.68. The van der Waals surface area contributed by atoms with Gasteiger partial charge < -0.3 is 5.73 Å². The van der Waals surface area contributed by atoms with Gasteiger partial charge in [0.25, 0.3) is 0 Å². The lowest BCUT2D eigenvalue weighted by atomic mass is 11.4. The zero-order valence-corrected chi connectivity index (χ0v) is 4.11. The van der Waals surface area contributed by atoms with Gasteiger partial charge in [-0.1, -0.05) is 0 Å². The minimum absolute atomic E-state index is 0.137. The summed E-state index contributed by atoms with van der Waals surface area (Å²) in [5, 5.41) is 6.26. The van der Waals surface area contributed by atoms with Crippen molar-refractivity contribution < 1.29 is 0 Å². The van der Waals surface area contributed by atoms with Gasteiger partial charge in [0.15, 0.2) is 3.84 Å². The zero-order chi connectivity index (χ0) is 3.58. The molecule has 0 radical (unpaired) electrons. The van der Waals surface area contributed by atoms with Crippen molar-refractivity contribution in [2.24, 2.45) is 5.73 Å². The molecule has 0 aliphatic rings. The van der Waals surface area contributed by atoms with Crippen LogP contribution in [0.2, 0.25) is 0 Å². The Labute approximate surface area is 38.0 Å². The summed E-state index contributed by atoms with van der Waals surface area (Å²) in [4.78, 5) is 0. The molecule has 0 unspecified atom stereocenters. The number of hydrogen-bond donors (Lipinski definition) is 2. The standard InChI is InChI=1S/CH3IN2/c2-1(3)4/h(H3,3,4). The Balaban J connectivity index is 2.80. The van der Waals surface area contributed by atoms with Crippen molar-refractivity contribution >= 4 is 26.4 Å². The summed E-state index contributed by atoms with van der Waals surface area (Å²) in [6.45, 7) is 0. The summed E-state index contributed by atoms with van der Waals surface area (Å²) in [6.07, 6.45) is 0. The molecule has 24 valence electrons. The second-order valence-corrected chi connectivity index (χ2v) is 1.51. The van der Waals surface area contributed by atoms with Crippen LogP contribution in [0.3, 0.4) is 0 Å². The molecule has 0 saturated heterocycles. The highest BCUT2D eigenvalue weighted by Gasteiger charge is 1.57. The summed E-state index contributed by atoms with van der Waals surface area (Å²) in [6, 6.07) is 0. The Morgan fingerprint density at radius 1 is 2.00 bits per heavy atom. The molecule has 4 heavy (non-hydrogen) atoms. The Morgan fingerprint density at radius 2 is 2.00 bits per heavy atom. The summed E-state index contributed by atoms with van der Waals surface area (Å²) < 4.78 is 0.137. The topological polar surface area (TPSA) is 49.9 Å². The van der Waals surface area contributed by atoms with Crippen molar-refractivity contribution in [3.8, 4) is 0 Å². The zero-order valence-electron chi connectivity index (χ0n) is 1.96. The maximum absolute atomic E-state index is 6.26. The fourth-order valence-electron chi connectivity index (χ4n) is 0. The maximum Gasteiger partial charge on any atom is 0.154 e. The van der Waals surface area contributed by atoms with Gasteiger partial charge in [0.2, 0.25) is 0 Å². The molecule has 3 N–H and O–H groups in total. The normalized spacial score (nSPS) is 6.25. The number of nitrogens with two attached hydrogens (primary N) is 1. The highest BCUT2D eigenvalue weighted by molar-refractivity contribution is 14.1. The first-order valence-corrected chi connectivity index (χ1v) is 1.81. The molecule has 0 spiro atoms. The lowest BCUT2D eigenvalue weighted by Gasteiger charge is -1.63. The molecule has 0 heterocycles. The third kappa shape index (κ3) is 79.2. The van der Waals surface area contributed by atoms with Gasteiger partial charge in [-0.25, -0.2) is 0 Å². The van der Waals surface area contributed by atoms with E-state index in [1.807, 2.05) is 0 Å². The van der Waals surface area contributed by atoms with Crippen LogP contribution < -0.4 is 5.73 Å². The molecule has 0 rings (SSSR count). The molecule has 0 fully saturated rings. The molecule has 3 heteroatoms. The molecule has 0 bridgehead atoms. The van der Waals surface area contributed by atoms with E-state index in [0.29, 0.717) is 0 Å². The summed E-state index contributed by atoms with van der Waals surface area (Å²) >= 11 is 1.70. The predicted molar refractivity (Wildman–Crippen MR) is 25.9 cm³/mol. The Hall–Kier alpha value is 0.200. The minimum Gasteiger partial charge on any atom is -0.379 e. The first-order valence-electron chi connectivity index (χ1n) is 0.728.